The summed E-state index contributed by atoms with van der Waals surface area (Å²) in [5.74, 6) is -0.227. The number of unbranched alkanes of at least 4 members (excludes halogenated alkanes) is 3. The molecule has 0 aliphatic rings. The lowest BCUT2D eigenvalue weighted by Crippen LogP contribution is -2.15. The fourth-order valence-electron chi connectivity index (χ4n) is 8.81. The van der Waals surface area contributed by atoms with Crippen LogP contribution in [0.2, 0.25) is 0 Å². The Hall–Kier alpha value is -9.04. The standard InChI is InChI=1S/C27H29O5S2.C26H27O5S2.C24H23O3S.3CH3/c1-22(2)27(28)31-20-10-5-11-21-34(29,30)32-23-16-18-26(19-17-23)33(24-12-6-3-7-13-24)25-14-8-4-9-15-25;1-21(2)26(27)30-19-9-10-20-33(28,29)31-22-15-17-25(18-16-22)32(23-11-5-3-6-12-23)24-13-7-4-8-14-24;1-19(2)24(25)27-18-17-26-20-13-15-23(16-14-20)28(21-9-5-3-6-10-21)22-11-7-4-8-12-22;;;/h3-4,6-9,12-19H,1,5,10-11,20-21H2,2H3;3-8,11-18H,1,9-10,19-20H2,2H3;3-16H,1,17-18H2,2H3;3*1H3/q3*+1;3*-1. The van der Waals surface area contributed by atoms with Gasteiger partial charge in [-0.3, -0.25) is 0 Å². The molecule has 0 unspecified atom stereocenters. The lowest BCUT2D eigenvalue weighted by Gasteiger charge is -2.10. The van der Waals surface area contributed by atoms with Gasteiger partial charge in [0.05, 0.1) is 57.4 Å². The number of carbonyl (C=O) groups is 3. The Morgan fingerprint density at radius 1 is 0.296 bits per heavy atom. The zero-order valence-electron chi connectivity index (χ0n) is 56.5. The molecule has 0 aromatic heterocycles. The van der Waals surface area contributed by atoms with Crippen molar-refractivity contribution in [2.24, 2.45) is 0 Å². The van der Waals surface area contributed by atoms with Gasteiger partial charge in [-0.25, -0.2) is 14.4 Å². The summed E-state index contributed by atoms with van der Waals surface area (Å²) in [6.07, 6.45) is 2.38. The molecule has 0 N–H and O–H groups in total. The zero-order chi connectivity index (χ0) is 67.8. The van der Waals surface area contributed by atoms with Crippen molar-refractivity contribution in [3.8, 4) is 17.2 Å². The first-order valence-electron chi connectivity index (χ1n) is 30.6. The molecule has 0 atom stereocenters. The van der Waals surface area contributed by atoms with E-state index in [0.717, 1.165) is 15.5 Å². The van der Waals surface area contributed by atoms with Crippen molar-refractivity contribution >= 4 is 70.8 Å². The van der Waals surface area contributed by atoms with Gasteiger partial charge < -0.3 is 49.6 Å². The van der Waals surface area contributed by atoms with Crippen LogP contribution in [0, 0.1) is 22.3 Å². The molecule has 0 radical (unpaired) electrons. The van der Waals surface area contributed by atoms with E-state index in [4.69, 9.17) is 27.3 Å². The maximum absolute atomic E-state index is 12.4. The summed E-state index contributed by atoms with van der Waals surface area (Å²) in [5, 5.41) is 0. The van der Waals surface area contributed by atoms with Crippen LogP contribution in [0.25, 0.3) is 0 Å². The average Bonchev–Trinajstić information content (AvgIpc) is 0.832. The lowest BCUT2D eigenvalue weighted by molar-refractivity contribution is -0.140. The minimum atomic E-state index is -3.74. The molecule has 0 aliphatic carbocycles. The van der Waals surface area contributed by atoms with Crippen LogP contribution in [-0.4, -0.2) is 72.7 Å². The first kappa shape index (κ1) is 81.4. The number of hydrogen-bond donors (Lipinski definition) is 0. The first-order valence-corrected chi connectivity index (χ1v) is 37.5. The molecule has 13 nitrogen and oxygen atoms in total. The van der Waals surface area contributed by atoms with E-state index in [1.807, 2.05) is 121 Å². The molecule has 9 rings (SSSR count). The van der Waals surface area contributed by atoms with Crippen molar-refractivity contribution in [2.45, 2.75) is 96.9 Å². The van der Waals surface area contributed by atoms with Crippen LogP contribution in [-0.2, 0) is 81.5 Å². The molecule has 0 bridgehead atoms. The highest BCUT2D eigenvalue weighted by Crippen LogP contribution is 2.35. The van der Waals surface area contributed by atoms with Gasteiger partial charge in [-0.1, -0.05) is 129 Å². The molecule has 0 saturated heterocycles. The van der Waals surface area contributed by atoms with Crippen molar-refractivity contribution < 1.29 is 58.5 Å². The van der Waals surface area contributed by atoms with E-state index < -0.39 is 38.1 Å². The third-order valence-electron chi connectivity index (χ3n) is 13.4. The van der Waals surface area contributed by atoms with E-state index in [2.05, 4.69) is 129 Å². The molecule has 0 fully saturated rings. The van der Waals surface area contributed by atoms with Gasteiger partial charge >= 0.3 is 38.1 Å². The Kier molecular flexibility index (Phi) is 35.4. The van der Waals surface area contributed by atoms with Gasteiger partial charge in [0.15, 0.2) is 44.1 Å². The lowest BCUT2D eigenvalue weighted by atomic mass is 10.3. The number of benzene rings is 9. The molecule has 516 valence electrons. The van der Waals surface area contributed by atoms with Crippen LogP contribution in [0.15, 0.2) is 335 Å². The topological polar surface area (TPSA) is 175 Å². The van der Waals surface area contributed by atoms with E-state index >= 15 is 0 Å². The normalized spacial score (nSPS) is 10.7. The highest BCUT2D eigenvalue weighted by molar-refractivity contribution is 7.97. The van der Waals surface area contributed by atoms with Crippen LogP contribution in [0.3, 0.4) is 0 Å². The van der Waals surface area contributed by atoms with Crippen molar-refractivity contribution in [1.29, 1.82) is 0 Å². The van der Waals surface area contributed by atoms with Crippen LogP contribution in [0.5, 0.6) is 17.2 Å². The van der Waals surface area contributed by atoms with Crippen molar-refractivity contribution in [1.82, 2.24) is 0 Å². The fourth-order valence-corrected chi connectivity index (χ4v) is 17.1. The van der Waals surface area contributed by atoms with E-state index in [9.17, 15) is 31.2 Å². The predicted molar refractivity (Wildman–Crippen MR) is 398 cm³/mol. The van der Waals surface area contributed by atoms with Crippen molar-refractivity contribution in [3.05, 3.63) is 314 Å². The molecule has 0 spiro atoms. The smallest absolute Gasteiger partial charge is 0.333 e. The highest BCUT2D eigenvalue weighted by atomic mass is 32.2. The first-order chi connectivity index (χ1) is 45.9. The third kappa shape index (κ3) is 27.5. The largest absolute Gasteiger partial charge is 0.490 e. The maximum atomic E-state index is 12.4. The SMILES string of the molecule is C=C(C)C(=O)OCCCCCS(=O)(=O)Oc1ccc([S+](c2ccccc2)c2ccccc2)cc1.C=C(C)C(=O)OCCCCS(=O)(=O)Oc1ccc([S+](c2ccccc2)c2ccccc2)cc1.C=C(C)C(=O)OCCOc1ccc([S+](c2ccccc2)c2ccccc2)cc1.[CH3-].[CH3-].[CH3-]. The van der Waals surface area contributed by atoms with Crippen molar-refractivity contribution in [3.63, 3.8) is 0 Å². The molecular weight excluding hydrogens is 1330 g/mol. The second-order valence-corrected chi connectivity index (χ2v) is 30.7. The van der Waals surface area contributed by atoms with Crippen LogP contribution in [0.1, 0.15) is 52.9 Å². The number of ether oxygens (including phenoxy) is 4. The zero-order valence-corrected chi connectivity index (χ0v) is 60.6. The van der Waals surface area contributed by atoms with Gasteiger partial charge in [0.1, 0.15) is 30.5 Å². The Labute approximate surface area is 590 Å². The van der Waals surface area contributed by atoms with Crippen LogP contribution < -0.4 is 13.1 Å². The third-order valence-corrected chi connectivity index (χ3v) is 22.6. The number of hydrogen-bond acceptors (Lipinski definition) is 13. The number of rotatable bonds is 31. The number of esters is 3. The van der Waals surface area contributed by atoms with Gasteiger partial charge in [0.25, 0.3) is 0 Å². The Bertz CT molecular complexity index is 3970. The number of carbonyl (C=O) groups excluding carboxylic acids is 3. The Balaban J connectivity index is 0.000000309. The Morgan fingerprint density at radius 2 is 0.520 bits per heavy atom. The molecule has 18 heteroatoms. The minimum absolute atomic E-state index is 0. The van der Waals surface area contributed by atoms with E-state index in [1.165, 1.54) is 34.3 Å². The summed E-state index contributed by atoms with van der Waals surface area (Å²) in [5.41, 5.74) is 1.05. The summed E-state index contributed by atoms with van der Waals surface area (Å²) in [4.78, 5) is 44.7. The van der Waals surface area contributed by atoms with Gasteiger partial charge in [0.2, 0.25) is 0 Å². The fraction of sp³-hybridized carbons (Fsp3) is 0.175. The van der Waals surface area contributed by atoms with Crippen LogP contribution in [0.4, 0.5) is 0 Å². The molecule has 0 heterocycles. The van der Waals surface area contributed by atoms with Crippen LogP contribution >= 0.6 is 0 Å². The summed E-state index contributed by atoms with van der Waals surface area (Å²) >= 11 is 0. The summed E-state index contributed by atoms with van der Waals surface area (Å²) in [7, 11) is -8.25. The maximum Gasteiger partial charge on any atom is 0.333 e. The molecule has 0 aliphatic heterocycles. The average molecular weight is 1420 g/mol. The minimum Gasteiger partial charge on any atom is -0.490 e. The van der Waals surface area contributed by atoms with E-state index in [0.29, 0.717) is 61.2 Å². The summed E-state index contributed by atoms with van der Waals surface area (Å²) in [6, 6.07) is 84.5. The molecule has 0 saturated carbocycles. The summed E-state index contributed by atoms with van der Waals surface area (Å²) < 4.78 is 80.7. The van der Waals surface area contributed by atoms with Crippen molar-refractivity contribution in [2.75, 3.05) is 37.9 Å². The summed E-state index contributed by atoms with van der Waals surface area (Å²) in [6.45, 7) is 16.3. The quantitative estimate of drug-likeness (QED) is 0.00764. The van der Waals surface area contributed by atoms with E-state index in [-0.39, 0.29) is 92.0 Å². The second-order valence-electron chi connectivity index (χ2n) is 21.3. The second kappa shape index (κ2) is 42.6. The Morgan fingerprint density at radius 3 is 0.786 bits per heavy atom. The predicted octanol–water partition coefficient (Wildman–Crippen LogP) is 17.8. The highest BCUT2D eigenvalue weighted by Gasteiger charge is 2.31. The van der Waals surface area contributed by atoms with Gasteiger partial charge in [-0.2, -0.15) is 16.8 Å². The molecule has 98 heavy (non-hydrogen) atoms. The molecule has 9 aromatic carbocycles. The monoisotopic (exact) mass is 1420 g/mol. The van der Waals surface area contributed by atoms with Gasteiger partial charge in [-0.05, 0) is 198 Å². The van der Waals surface area contributed by atoms with E-state index in [1.54, 1.807) is 45.0 Å². The molecule has 9 aromatic rings. The van der Waals surface area contributed by atoms with Gasteiger partial charge in [0, 0.05) is 16.7 Å². The molecular formula is C80H88O13S5. The van der Waals surface area contributed by atoms with Gasteiger partial charge in [-0.15, -0.1) is 0 Å². The molecule has 0 amide bonds.